The number of nitrogens with one attached hydrogen (secondary N) is 2. The molecule has 0 heterocycles. The smallest absolute Gasteiger partial charge is 0.254 e. The standard InChI is InChI=1S/C13H13BFN3O2/c1-17-12(20)7-5-8(19)11(9(14)10(7)15)18-13(6-16)3-2-4-13/h5,18-19H,2-4H2,1H3,(H,17,20). The van der Waals surface area contributed by atoms with Crippen molar-refractivity contribution in [3.8, 4) is 11.8 Å². The minimum Gasteiger partial charge on any atom is -0.506 e. The molecule has 0 aliphatic heterocycles. The second-order valence-electron chi connectivity index (χ2n) is 4.80. The number of hydrogen-bond donors (Lipinski definition) is 3. The van der Waals surface area contributed by atoms with Crippen LogP contribution in [0.15, 0.2) is 6.07 Å². The van der Waals surface area contributed by atoms with E-state index >= 15 is 0 Å². The molecule has 2 rings (SSSR count). The number of aromatic hydroxyl groups is 1. The van der Waals surface area contributed by atoms with E-state index in [1.807, 2.05) is 0 Å². The normalized spacial score (nSPS) is 15.8. The lowest BCUT2D eigenvalue weighted by Crippen LogP contribution is -2.45. The first-order chi connectivity index (χ1) is 9.44. The molecule has 7 heteroatoms. The van der Waals surface area contributed by atoms with Gasteiger partial charge >= 0.3 is 0 Å². The van der Waals surface area contributed by atoms with Crippen LogP contribution >= 0.6 is 0 Å². The van der Waals surface area contributed by atoms with Gasteiger partial charge in [-0.3, -0.25) is 4.79 Å². The van der Waals surface area contributed by atoms with E-state index in [1.54, 1.807) is 0 Å². The Labute approximate surface area is 117 Å². The van der Waals surface area contributed by atoms with Crippen molar-refractivity contribution in [2.24, 2.45) is 0 Å². The SMILES string of the molecule is [B]c1c(F)c(C(=O)NC)cc(O)c1NC1(C#N)CCC1. The van der Waals surface area contributed by atoms with Crippen molar-refractivity contribution in [3.05, 3.63) is 17.4 Å². The van der Waals surface area contributed by atoms with Crippen molar-refractivity contribution in [1.82, 2.24) is 5.32 Å². The van der Waals surface area contributed by atoms with E-state index < -0.39 is 17.3 Å². The third-order valence-corrected chi connectivity index (χ3v) is 3.54. The van der Waals surface area contributed by atoms with Gasteiger partial charge in [0.1, 0.15) is 25.0 Å². The Hall–Kier alpha value is -2.23. The first-order valence-corrected chi connectivity index (χ1v) is 6.16. The van der Waals surface area contributed by atoms with Gasteiger partial charge in [-0.1, -0.05) is 0 Å². The maximum Gasteiger partial charge on any atom is 0.254 e. The molecule has 2 radical (unpaired) electrons. The summed E-state index contributed by atoms with van der Waals surface area (Å²) in [4.78, 5) is 11.5. The van der Waals surface area contributed by atoms with E-state index in [-0.39, 0.29) is 22.5 Å². The van der Waals surface area contributed by atoms with Crippen molar-refractivity contribution in [1.29, 1.82) is 5.26 Å². The molecule has 1 aliphatic rings. The summed E-state index contributed by atoms with van der Waals surface area (Å²) in [5, 5.41) is 24.1. The molecule has 1 aromatic carbocycles. The summed E-state index contributed by atoms with van der Waals surface area (Å²) in [6.45, 7) is 0. The Morgan fingerprint density at radius 3 is 2.70 bits per heavy atom. The highest BCUT2D eigenvalue weighted by Crippen LogP contribution is 2.37. The lowest BCUT2D eigenvalue weighted by Gasteiger charge is -2.37. The first kappa shape index (κ1) is 14.2. The second-order valence-corrected chi connectivity index (χ2v) is 4.80. The summed E-state index contributed by atoms with van der Waals surface area (Å²) in [6.07, 6.45) is 2.07. The van der Waals surface area contributed by atoms with E-state index in [2.05, 4.69) is 16.7 Å². The number of carbonyl (C=O) groups excluding carboxylic acids is 1. The number of carbonyl (C=O) groups is 1. The number of phenolic OH excluding ortho intramolecular Hbond substituents is 1. The van der Waals surface area contributed by atoms with Gasteiger partial charge in [-0.05, 0) is 30.8 Å². The largest absolute Gasteiger partial charge is 0.506 e. The van der Waals surface area contributed by atoms with Crippen LogP contribution in [0.1, 0.15) is 29.6 Å². The van der Waals surface area contributed by atoms with Crippen LogP contribution in [-0.2, 0) is 0 Å². The molecular formula is C13H13BFN3O2. The topological polar surface area (TPSA) is 85.2 Å². The monoisotopic (exact) mass is 273 g/mol. The number of anilines is 1. The van der Waals surface area contributed by atoms with Crippen LogP contribution in [0.5, 0.6) is 5.75 Å². The Morgan fingerprint density at radius 1 is 1.60 bits per heavy atom. The summed E-state index contributed by atoms with van der Waals surface area (Å²) in [5.41, 5.74) is -1.58. The van der Waals surface area contributed by atoms with Gasteiger partial charge in [-0.15, -0.1) is 0 Å². The molecule has 1 aliphatic carbocycles. The van der Waals surface area contributed by atoms with Gasteiger partial charge in [0, 0.05) is 7.05 Å². The van der Waals surface area contributed by atoms with Crippen LogP contribution in [0.3, 0.4) is 0 Å². The summed E-state index contributed by atoms with van der Waals surface area (Å²) < 4.78 is 14.1. The fraction of sp³-hybridized carbons (Fsp3) is 0.385. The van der Waals surface area contributed by atoms with Crippen molar-refractivity contribution in [2.75, 3.05) is 12.4 Å². The quantitative estimate of drug-likeness (QED) is 0.554. The number of phenols is 1. The van der Waals surface area contributed by atoms with Crippen LogP contribution in [0, 0.1) is 17.1 Å². The molecule has 0 saturated heterocycles. The molecule has 0 atom stereocenters. The highest BCUT2D eigenvalue weighted by molar-refractivity contribution is 6.37. The van der Waals surface area contributed by atoms with Crippen LogP contribution < -0.4 is 16.1 Å². The minimum absolute atomic E-state index is 0.0450. The Kier molecular flexibility index (Phi) is 3.58. The van der Waals surface area contributed by atoms with E-state index in [0.29, 0.717) is 12.8 Å². The molecule has 0 spiro atoms. The molecular weight excluding hydrogens is 260 g/mol. The fourth-order valence-electron chi connectivity index (χ4n) is 2.13. The van der Waals surface area contributed by atoms with Crippen LogP contribution in [0.2, 0.25) is 0 Å². The molecule has 1 fully saturated rings. The van der Waals surface area contributed by atoms with Gasteiger partial charge in [-0.2, -0.15) is 5.26 Å². The highest BCUT2D eigenvalue weighted by Gasteiger charge is 2.38. The zero-order valence-electron chi connectivity index (χ0n) is 11.0. The second kappa shape index (κ2) is 5.04. The Morgan fingerprint density at radius 2 is 2.25 bits per heavy atom. The lowest BCUT2D eigenvalue weighted by molar-refractivity contribution is 0.0959. The summed E-state index contributed by atoms with van der Waals surface area (Å²) in [7, 11) is 6.98. The van der Waals surface area contributed by atoms with Crippen molar-refractivity contribution in [3.63, 3.8) is 0 Å². The van der Waals surface area contributed by atoms with Crippen molar-refractivity contribution < 1.29 is 14.3 Å². The molecule has 5 nitrogen and oxygen atoms in total. The van der Waals surface area contributed by atoms with E-state index in [1.165, 1.54) is 7.05 Å². The van der Waals surface area contributed by atoms with Gasteiger partial charge in [0.15, 0.2) is 0 Å². The van der Waals surface area contributed by atoms with E-state index in [0.717, 1.165) is 12.5 Å². The van der Waals surface area contributed by atoms with E-state index in [9.17, 15) is 14.3 Å². The number of halogens is 1. The van der Waals surface area contributed by atoms with Crippen LogP contribution in [0.25, 0.3) is 0 Å². The minimum atomic E-state index is -0.919. The fourth-order valence-corrected chi connectivity index (χ4v) is 2.13. The predicted octanol–water partition coefficient (Wildman–Crippen LogP) is 0.543. The van der Waals surface area contributed by atoms with Crippen molar-refractivity contribution in [2.45, 2.75) is 24.8 Å². The molecule has 20 heavy (non-hydrogen) atoms. The van der Waals surface area contributed by atoms with Gasteiger partial charge in [-0.25, -0.2) is 4.39 Å². The van der Waals surface area contributed by atoms with E-state index in [4.69, 9.17) is 13.1 Å². The first-order valence-electron chi connectivity index (χ1n) is 6.16. The number of nitriles is 1. The molecule has 0 unspecified atom stereocenters. The average Bonchev–Trinajstić information content (AvgIpc) is 2.40. The number of benzene rings is 1. The van der Waals surface area contributed by atoms with Gasteiger partial charge in [0.25, 0.3) is 5.91 Å². The number of hydrogen-bond acceptors (Lipinski definition) is 4. The zero-order chi connectivity index (χ0) is 14.9. The third kappa shape index (κ3) is 2.18. The molecule has 102 valence electrons. The summed E-state index contributed by atoms with van der Waals surface area (Å²) in [6, 6.07) is 3.10. The maximum absolute atomic E-state index is 14.1. The molecule has 1 aromatic rings. The molecule has 0 bridgehead atoms. The van der Waals surface area contributed by atoms with Gasteiger partial charge in [0.05, 0.1) is 17.3 Å². The van der Waals surface area contributed by atoms with Gasteiger partial charge < -0.3 is 15.7 Å². The predicted molar refractivity (Wildman–Crippen MR) is 72.7 cm³/mol. The lowest BCUT2D eigenvalue weighted by atomic mass is 9.77. The van der Waals surface area contributed by atoms with Crippen molar-refractivity contribution >= 4 is 24.9 Å². The zero-order valence-corrected chi connectivity index (χ0v) is 11.0. The highest BCUT2D eigenvalue weighted by atomic mass is 19.1. The number of amides is 1. The molecule has 0 aromatic heterocycles. The summed E-state index contributed by atoms with van der Waals surface area (Å²) in [5.74, 6) is -1.96. The van der Waals surface area contributed by atoms with Crippen LogP contribution in [-0.4, -0.2) is 31.4 Å². The molecule has 1 amide bonds. The third-order valence-electron chi connectivity index (χ3n) is 3.54. The maximum atomic E-state index is 14.1. The molecule has 3 N–H and O–H groups in total. The van der Waals surface area contributed by atoms with Gasteiger partial charge in [0.2, 0.25) is 0 Å². The Balaban J connectivity index is 2.43. The molecule has 1 saturated carbocycles. The number of rotatable bonds is 3. The van der Waals surface area contributed by atoms with Crippen LogP contribution in [0.4, 0.5) is 10.1 Å². The number of nitrogens with zero attached hydrogens (tertiary/aromatic N) is 1. The average molecular weight is 273 g/mol. The Bertz CT molecular complexity index is 609. The summed E-state index contributed by atoms with van der Waals surface area (Å²) >= 11 is 0.